The maximum absolute atomic E-state index is 13.6. The van der Waals surface area contributed by atoms with Crippen molar-refractivity contribution in [2.24, 2.45) is 5.92 Å². The Kier molecular flexibility index (Phi) is 7.53. The first kappa shape index (κ1) is 20.3. The topological polar surface area (TPSA) is 80.0 Å². The molecule has 1 aromatic carbocycles. The SMILES string of the molecule is Cc1ccc(-c2noc(CCC(=O)NCC3CCCNC3)n2)cc1F.Cl. The van der Waals surface area contributed by atoms with E-state index in [-0.39, 0.29) is 24.1 Å². The molecule has 1 fully saturated rings. The van der Waals surface area contributed by atoms with Crippen LogP contribution in [0.1, 0.15) is 30.7 Å². The predicted octanol–water partition coefficient (Wildman–Crippen LogP) is 2.65. The smallest absolute Gasteiger partial charge is 0.227 e. The second kappa shape index (κ2) is 9.64. The summed E-state index contributed by atoms with van der Waals surface area (Å²) in [4.78, 5) is 16.2. The molecule has 0 spiro atoms. The Morgan fingerprint density at radius 1 is 1.46 bits per heavy atom. The second-order valence-corrected chi connectivity index (χ2v) is 6.49. The summed E-state index contributed by atoms with van der Waals surface area (Å²) in [5.41, 5.74) is 1.13. The largest absolute Gasteiger partial charge is 0.356 e. The molecule has 1 aliphatic rings. The first-order valence-corrected chi connectivity index (χ1v) is 8.68. The van der Waals surface area contributed by atoms with Crippen molar-refractivity contribution in [3.63, 3.8) is 0 Å². The number of hydrogen-bond acceptors (Lipinski definition) is 5. The van der Waals surface area contributed by atoms with Crippen LogP contribution in [0, 0.1) is 18.7 Å². The van der Waals surface area contributed by atoms with E-state index < -0.39 is 0 Å². The highest BCUT2D eigenvalue weighted by Gasteiger charge is 2.15. The van der Waals surface area contributed by atoms with E-state index in [0.29, 0.717) is 48.1 Å². The molecule has 0 bridgehead atoms. The Labute approximate surface area is 158 Å². The average molecular weight is 383 g/mol. The molecule has 0 saturated carbocycles. The summed E-state index contributed by atoms with van der Waals surface area (Å²) in [5.74, 6) is 0.893. The van der Waals surface area contributed by atoms with Gasteiger partial charge in [-0.2, -0.15) is 4.98 Å². The Balaban J connectivity index is 0.00000243. The van der Waals surface area contributed by atoms with Crippen LogP contribution >= 0.6 is 12.4 Å². The fourth-order valence-electron chi connectivity index (χ4n) is 2.87. The van der Waals surface area contributed by atoms with Crippen LogP contribution in [-0.4, -0.2) is 35.7 Å². The number of carbonyl (C=O) groups is 1. The molecule has 3 rings (SSSR count). The maximum atomic E-state index is 13.6. The zero-order valence-corrected chi connectivity index (χ0v) is 15.6. The minimum absolute atomic E-state index is 0. The molecule has 1 aromatic heterocycles. The van der Waals surface area contributed by atoms with Crippen LogP contribution in [0.5, 0.6) is 0 Å². The molecule has 1 amide bonds. The summed E-state index contributed by atoms with van der Waals surface area (Å²) in [6, 6.07) is 4.81. The molecule has 1 saturated heterocycles. The molecular weight excluding hydrogens is 359 g/mol. The minimum atomic E-state index is -0.305. The zero-order valence-electron chi connectivity index (χ0n) is 14.8. The predicted molar refractivity (Wildman–Crippen MR) is 98.6 cm³/mol. The number of nitrogens with zero attached hydrogens (tertiary/aromatic N) is 2. The minimum Gasteiger partial charge on any atom is -0.356 e. The summed E-state index contributed by atoms with van der Waals surface area (Å²) in [6.07, 6.45) is 2.97. The fourth-order valence-corrected chi connectivity index (χ4v) is 2.87. The number of rotatable bonds is 6. The van der Waals surface area contributed by atoms with Gasteiger partial charge in [0.05, 0.1) is 0 Å². The summed E-state index contributed by atoms with van der Waals surface area (Å²) in [5, 5.41) is 10.1. The number of hydrogen-bond donors (Lipinski definition) is 2. The van der Waals surface area contributed by atoms with Crippen molar-refractivity contribution in [3.05, 3.63) is 35.5 Å². The Morgan fingerprint density at radius 3 is 3.04 bits per heavy atom. The summed E-state index contributed by atoms with van der Waals surface area (Å²) in [6.45, 7) is 4.42. The second-order valence-electron chi connectivity index (χ2n) is 6.49. The van der Waals surface area contributed by atoms with E-state index in [1.165, 1.54) is 6.07 Å². The number of aromatic nitrogens is 2. The fraction of sp³-hybridized carbons (Fsp3) is 0.500. The number of carbonyl (C=O) groups excluding carboxylic acids is 1. The van der Waals surface area contributed by atoms with Gasteiger partial charge in [-0.15, -0.1) is 12.4 Å². The third kappa shape index (κ3) is 5.51. The molecule has 8 heteroatoms. The molecule has 26 heavy (non-hydrogen) atoms. The van der Waals surface area contributed by atoms with Crippen LogP contribution in [0.25, 0.3) is 11.4 Å². The Bertz CT molecular complexity index is 732. The highest BCUT2D eigenvalue weighted by atomic mass is 35.5. The number of piperidine rings is 1. The molecule has 2 aromatic rings. The summed E-state index contributed by atoms with van der Waals surface area (Å²) >= 11 is 0. The first-order valence-electron chi connectivity index (χ1n) is 8.68. The van der Waals surface area contributed by atoms with Crippen LogP contribution in [0.15, 0.2) is 22.7 Å². The van der Waals surface area contributed by atoms with Crippen molar-refractivity contribution in [1.29, 1.82) is 0 Å². The highest BCUT2D eigenvalue weighted by Crippen LogP contribution is 2.19. The lowest BCUT2D eigenvalue weighted by molar-refractivity contribution is -0.121. The zero-order chi connectivity index (χ0) is 17.6. The van der Waals surface area contributed by atoms with Gasteiger partial charge in [0.25, 0.3) is 0 Å². The average Bonchev–Trinajstić information content (AvgIpc) is 3.10. The number of halogens is 2. The number of amides is 1. The van der Waals surface area contributed by atoms with Crippen LogP contribution in [0.3, 0.4) is 0 Å². The monoisotopic (exact) mass is 382 g/mol. The third-order valence-corrected chi connectivity index (χ3v) is 4.45. The standard InChI is InChI=1S/C18H23FN4O2.ClH/c1-12-4-5-14(9-15(12)19)18-22-17(25-23-18)7-6-16(24)21-11-13-3-2-8-20-10-13;/h4-5,9,13,20H,2-3,6-8,10-11H2,1H3,(H,21,24);1H. The molecule has 0 aliphatic carbocycles. The lowest BCUT2D eigenvalue weighted by Gasteiger charge is -2.22. The maximum Gasteiger partial charge on any atom is 0.227 e. The Hall–Kier alpha value is -1.99. The van der Waals surface area contributed by atoms with Gasteiger partial charge in [-0.1, -0.05) is 17.3 Å². The molecular formula is C18H24ClFN4O2. The molecule has 6 nitrogen and oxygen atoms in total. The van der Waals surface area contributed by atoms with Crippen molar-refractivity contribution in [1.82, 2.24) is 20.8 Å². The van der Waals surface area contributed by atoms with Gasteiger partial charge in [0.15, 0.2) is 0 Å². The lowest BCUT2D eigenvalue weighted by atomic mass is 10.00. The van der Waals surface area contributed by atoms with Gasteiger partial charge in [0.2, 0.25) is 17.6 Å². The normalized spacial score (nSPS) is 16.8. The molecule has 1 unspecified atom stereocenters. The van der Waals surface area contributed by atoms with Crippen LogP contribution in [0.4, 0.5) is 4.39 Å². The van der Waals surface area contributed by atoms with E-state index in [1.807, 2.05) is 0 Å². The van der Waals surface area contributed by atoms with Gasteiger partial charge in [0, 0.05) is 24.9 Å². The van der Waals surface area contributed by atoms with Crippen molar-refractivity contribution in [2.75, 3.05) is 19.6 Å². The molecule has 1 aliphatic heterocycles. The van der Waals surface area contributed by atoms with Crippen molar-refractivity contribution >= 4 is 18.3 Å². The number of aryl methyl sites for hydroxylation is 2. The van der Waals surface area contributed by atoms with Crippen molar-refractivity contribution in [3.8, 4) is 11.4 Å². The van der Waals surface area contributed by atoms with Crippen molar-refractivity contribution in [2.45, 2.75) is 32.6 Å². The molecule has 1 atom stereocenters. The van der Waals surface area contributed by atoms with Gasteiger partial charge in [0.1, 0.15) is 5.82 Å². The number of nitrogens with one attached hydrogen (secondary N) is 2. The van der Waals surface area contributed by atoms with Crippen LogP contribution in [0.2, 0.25) is 0 Å². The highest BCUT2D eigenvalue weighted by molar-refractivity contribution is 5.85. The van der Waals surface area contributed by atoms with Gasteiger partial charge in [-0.05, 0) is 50.4 Å². The van der Waals surface area contributed by atoms with Gasteiger partial charge >= 0.3 is 0 Å². The lowest BCUT2D eigenvalue weighted by Crippen LogP contribution is -2.38. The van der Waals surface area contributed by atoms with Gasteiger partial charge in [-0.25, -0.2) is 4.39 Å². The third-order valence-electron chi connectivity index (χ3n) is 4.45. The van der Waals surface area contributed by atoms with E-state index in [0.717, 1.165) is 25.9 Å². The van der Waals surface area contributed by atoms with Crippen molar-refractivity contribution < 1.29 is 13.7 Å². The van der Waals surface area contributed by atoms with E-state index in [9.17, 15) is 9.18 Å². The van der Waals surface area contributed by atoms with Gasteiger partial charge in [-0.3, -0.25) is 4.79 Å². The van der Waals surface area contributed by atoms with Crippen LogP contribution in [-0.2, 0) is 11.2 Å². The quantitative estimate of drug-likeness (QED) is 0.802. The molecule has 2 N–H and O–H groups in total. The van der Waals surface area contributed by atoms with E-state index in [2.05, 4.69) is 20.8 Å². The van der Waals surface area contributed by atoms with Gasteiger partial charge < -0.3 is 15.2 Å². The molecule has 0 radical (unpaired) electrons. The van der Waals surface area contributed by atoms with Crippen LogP contribution < -0.4 is 10.6 Å². The Morgan fingerprint density at radius 2 is 2.31 bits per heavy atom. The summed E-state index contributed by atoms with van der Waals surface area (Å²) < 4.78 is 18.8. The summed E-state index contributed by atoms with van der Waals surface area (Å²) in [7, 11) is 0. The molecule has 2 heterocycles. The first-order chi connectivity index (χ1) is 12.1. The van der Waals surface area contributed by atoms with E-state index >= 15 is 0 Å². The van der Waals surface area contributed by atoms with E-state index in [4.69, 9.17) is 4.52 Å². The molecule has 142 valence electrons. The number of benzene rings is 1. The van der Waals surface area contributed by atoms with E-state index in [1.54, 1.807) is 19.1 Å².